The van der Waals surface area contributed by atoms with E-state index in [1.165, 1.54) is 32.5 Å². The molecule has 1 atom stereocenters. The molecule has 1 heterocycles. The smallest absolute Gasteiger partial charge is 0.0292 e. The maximum Gasteiger partial charge on any atom is 0.0292 e. The van der Waals surface area contributed by atoms with E-state index in [0.29, 0.717) is 5.41 Å². The zero-order chi connectivity index (χ0) is 8.32. The van der Waals surface area contributed by atoms with Crippen LogP contribution in [0.4, 0.5) is 0 Å². The second-order valence-corrected chi connectivity index (χ2v) is 3.87. The fraction of sp³-hybridized carbons (Fsp3) is 1.00. The summed E-state index contributed by atoms with van der Waals surface area (Å²) in [5, 5.41) is 0. The summed E-state index contributed by atoms with van der Waals surface area (Å²) < 4.78 is 0. The Morgan fingerprint density at radius 2 is 2.18 bits per heavy atom. The Morgan fingerprint density at radius 1 is 1.45 bits per heavy atom. The number of rotatable bonds is 3. The van der Waals surface area contributed by atoms with Gasteiger partial charge in [-0.2, -0.15) is 0 Å². The number of nitrogens with zero attached hydrogens (tertiary/aromatic N) is 1. The van der Waals surface area contributed by atoms with E-state index in [4.69, 9.17) is 11.6 Å². The van der Waals surface area contributed by atoms with E-state index in [1.54, 1.807) is 0 Å². The van der Waals surface area contributed by atoms with Crippen LogP contribution in [0.5, 0.6) is 0 Å². The molecule has 1 rings (SSSR count). The monoisotopic (exact) mass is 175 g/mol. The van der Waals surface area contributed by atoms with Gasteiger partial charge in [-0.3, -0.25) is 0 Å². The molecule has 1 aliphatic heterocycles. The van der Waals surface area contributed by atoms with E-state index < -0.39 is 0 Å². The molecule has 0 aliphatic carbocycles. The Labute approximate surface area is 74.7 Å². The first-order valence-electron chi connectivity index (χ1n) is 4.54. The maximum absolute atomic E-state index is 5.96. The van der Waals surface area contributed by atoms with Crippen molar-refractivity contribution >= 4 is 11.6 Å². The van der Waals surface area contributed by atoms with E-state index in [-0.39, 0.29) is 0 Å². The number of hydrogen-bond acceptors (Lipinski definition) is 1. The van der Waals surface area contributed by atoms with Gasteiger partial charge in [-0.15, -0.1) is 11.6 Å². The van der Waals surface area contributed by atoms with Gasteiger partial charge in [0.2, 0.25) is 0 Å². The van der Waals surface area contributed by atoms with Crippen LogP contribution in [0.1, 0.15) is 26.7 Å². The molecule has 0 aromatic rings. The SMILES string of the molecule is CCN1CCC(CC)(CCl)C1. The summed E-state index contributed by atoms with van der Waals surface area (Å²) in [4.78, 5) is 2.49. The van der Waals surface area contributed by atoms with Gasteiger partial charge < -0.3 is 4.90 Å². The lowest BCUT2D eigenvalue weighted by atomic mass is 9.87. The van der Waals surface area contributed by atoms with Crippen molar-refractivity contribution in [2.75, 3.05) is 25.5 Å². The molecule has 0 bridgehead atoms. The van der Waals surface area contributed by atoms with E-state index >= 15 is 0 Å². The summed E-state index contributed by atoms with van der Waals surface area (Å²) in [6, 6.07) is 0. The Morgan fingerprint density at radius 3 is 2.45 bits per heavy atom. The Balaban J connectivity index is 2.48. The molecule has 2 heteroatoms. The van der Waals surface area contributed by atoms with Crippen LogP contribution in [-0.2, 0) is 0 Å². The van der Waals surface area contributed by atoms with E-state index in [9.17, 15) is 0 Å². The summed E-state index contributed by atoms with van der Waals surface area (Å²) in [6.07, 6.45) is 2.52. The van der Waals surface area contributed by atoms with Gasteiger partial charge in [-0.25, -0.2) is 0 Å². The van der Waals surface area contributed by atoms with E-state index in [2.05, 4.69) is 18.7 Å². The third-order valence-electron chi connectivity index (χ3n) is 3.00. The Bertz CT molecular complexity index is 121. The highest BCUT2D eigenvalue weighted by atomic mass is 35.5. The van der Waals surface area contributed by atoms with Gasteiger partial charge in [0, 0.05) is 12.4 Å². The highest BCUT2D eigenvalue weighted by molar-refractivity contribution is 6.18. The van der Waals surface area contributed by atoms with Gasteiger partial charge in [-0.05, 0) is 31.3 Å². The average Bonchev–Trinajstić information content (AvgIpc) is 2.49. The Kier molecular flexibility index (Phi) is 3.20. The van der Waals surface area contributed by atoms with Crippen LogP contribution in [0.3, 0.4) is 0 Å². The lowest BCUT2D eigenvalue weighted by Gasteiger charge is -2.24. The second-order valence-electron chi connectivity index (χ2n) is 3.61. The molecule has 1 fully saturated rings. The molecule has 0 amide bonds. The van der Waals surface area contributed by atoms with E-state index in [1.807, 2.05) is 0 Å². The quantitative estimate of drug-likeness (QED) is 0.596. The van der Waals surface area contributed by atoms with Gasteiger partial charge in [-0.1, -0.05) is 13.8 Å². The lowest BCUT2D eigenvalue weighted by Crippen LogP contribution is -2.27. The number of alkyl halides is 1. The zero-order valence-electron chi connectivity index (χ0n) is 7.57. The molecule has 0 N–H and O–H groups in total. The fourth-order valence-corrected chi connectivity index (χ4v) is 2.20. The molecule has 0 saturated carbocycles. The number of likely N-dealkylation sites (tertiary alicyclic amines) is 1. The summed E-state index contributed by atoms with van der Waals surface area (Å²) >= 11 is 5.96. The van der Waals surface area contributed by atoms with Crippen molar-refractivity contribution in [2.45, 2.75) is 26.7 Å². The molecule has 1 unspecified atom stereocenters. The molecule has 1 saturated heterocycles. The minimum Gasteiger partial charge on any atom is -0.303 e. The first-order valence-corrected chi connectivity index (χ1v) is 5.08. The van der Waals surface area contributed by atoms with Crippen LogP contribution >= 0.6 is 11.6 Å². The van der Waals surface area contributed by atoms with E-state index in [0.717, 1.165) is 5.88 Å². The van der Waals surface area contributed by atoms with Crippen molar-refractivity contribution in [3.8, 4) is 0 Å². The van der Waals surface area contributed by atoms with Gasteiger partial charge >= 0.3 is 0 Å². The first-order chi connectivity index (χ1) is 5.26. The second kappa shape index (κ2) is 3.77. The van der Waals surface area contributed by atoms with Crippen LogP contribution in [-0.4, -0.2) is 30.4 Å². The van der Waals surface area contributed by atoms with Crippen LogP contribution in [0, 0.1) is 5.41 Å². The van der Waals surface area contributed by atoms with Gasteiger partial charge in [0.05, 0.1) is 0 Å². The molecule has 0 aromatic heterocycles. The molecule has 66 valence electrons. The summed E-state index contributed by atoms with van der Waals surface area (Å²) in [6.45, 7) is 8.11. The average molecular weight is 176 g/mol. The topological polar surface area (TPSA) is 3.24 Å². The molecular weight excluding hydrogens is 158 g/mol. The molecule has 1 aliphatic rings. The molecular formula is C9H18ClN. The largest absolute Gasteiger partial charge is 0.303 e. The van der Waals surface area contributed by atoms with Crippen molar-refractivity contribution in [2.24, 2.45) is 5.41 Å². The first kappa shape index (κ1) is 9.34. The predicted molar refractivity (Wildman–Crippen MR) is 50.2 cm³/mol. The lowest BCUT2D eigenvalue weighted by molar-refractivity contribution is 0.281. The number of hydrogen-bond donors (Lipinski definition) is 0. The normalized spacial score (nSPS) is 33.0. The standard InChI is InChI=1S/C9H18ClN/c1-3-9(7-10)5-6-11(4-2)8-9/h3-8H2,1-2H3. The molecule has 1 nitrogen and oxygen atoms in total. The van der Waals surface area contributed by atoms with Gasteiger partial charge in [0.15, 0.2) is 0 Å². The van der Waals surface area contributed by atoms with Crippen molar-refractivity contribution in [1.29, 1.82) is 0 Å². The van der Waals surface area contributed by atoms with Crippen molar-refractivity contribution in [1.82, 2.24) is 4.90 Å². The third kappa shape index (κ3) is 1.88. The minimum atomic E-state index is 0.442. The highest BCUT2D eigenvalue weighted by Gasteiger charge is 2.34. The summed E-state index contributed by atoms with van der Waals surface area (Å²) in [5.74, 6) is 0.833. The van der Waals surface area contributed by atoms with Crippen LogP contribution in [0.25, 0.3) is 0 Å². The van der Waals surface area contributed by atoms with Gasteiger partial charge in [0.25, 0.3) is 0 Å². The van der Waals surface area contributed by atoms with Crippen molar-refractivity contribution in [3.05, 3.63) is 0 Å². The van der Waals surface area contributed by atoms with Gasteiger partial charge in [0.1, 0.15) is 0 Å². The molecule has 0 aromatic carbocycles. The molecule has 0 radical (unpaired) electrons. The number of halogens is 1. The molecule has 0 spiro atoms. The minimum absolute atomic E-state index is 0.442. The van der Waals surface area contributed by atoms with Crippen LogP contribution in [0.15, 0.2) is 0 Å². The summed E-state index contributed by atoms with van der Waals surface area (Å²) in [5.41, 5.74) is 0.442. The van der Waals surface area contributed by atoms with Crippen LogP contribution in [0.2, 0.25) is 0 Å². The highest BCUT2D eigenvalue weighted by Crippen LogP contribution is 2.34. The Hall–Kier alpha value is 0.250. The summed E-state index contributed by atoms with van der Waals surface area (Å²) in [7, 11) is 0. The maximum atomic E-state index is 5.96. The third-order valence-corrected chi connectivity index (χ3v) is 3.57. The van der Waals surface area contributed by atoms with Crippen molar-refractivity contribution < 1.29 is 0 Å². The fourth-order valence-electron chi connectivity index (χ4n) is 1.79. The van der Waals surface area contributed by atoms with Crippen molar-refractivity contribution in [3.63, 3.8) is 0 Å². The van der Waals surface area contributed by atoms with Crippen LogP contribution < -0.4 is 0 Å². The predicted octanol–water partition coefficient (Wildman–Crippen LogP) is 2.35. The zero-order valence-corrected chi connectivity index (χ0v) is 8.32. The molecule has 11 heavy (non-hydrogen) atoms.